The van der Waals surface area contributed by atoms with Crippen molar-refractivity contribution in [3.63, 3.8) is 0 Å². The van der Waals surface area contributed by atoms with Gasteiger partial charge in [-0.2, -0.15) is 0 Å². The Bertz CT molecular complexity index is 799. The van der Waals surface area contributed by atoms with E-state index >= 15 is 0 Å². The molecule has 2 aromatic carbocycles. The number of hydrogen-bond acceptors (Lipinski definition) is 5. The van der Waals surface area contributed by atoms with Gasteiger partial charge in [0, 0.05) is 23.4 Å². The maximum atomic E-state index is 12.5. The summed E-state index contributed by atoms with van der Waals surface area (Å²) in [5, 5.41) is 6.29. The molecule has 0 unspecified atom stereocenters. The zero-order chi connectivity index (χ0) is 16.9. The third kappa shape index (κ3) is 5.37. The first-order valence-corrected chi connectivity index (χ1v) is 7.51. The Morgan fingerprint density at radius 1 is 1.00 bits per heavy atom. The van der Waals surface area contributed by atoms with E-state index in [1.54, 1.807) is 36.4 Å². The Hall–Kier alpha value is -2.77. The molecule has 0 bridgehead atoms. The lowest BCUT2D eigenvalue weighted by Crippen LogP contribution is -2.26. The largest absolute Gasteiger partial charge is 0.370 e. The Balaban J connectivity index is 0.00000169. The molecular weight excluding hydrogens is 375 g/mol. The molecule has 138 valence electrons. The predicted octanol–water partition coefficient (Wildman–Crippen LogP) is 2.04. The number of rotatable bonds is 4. The minimum Gasteiger partial charge on any atom is -0.370 e. The predicted molar refractivity (Wildman–Crippen MR) is 110 cm³/mol. The van der Waals surface area contributed by atoms with Crippen molar-refractivity contribution in [2.75, 3.05) is 18.4 Å². The summed E-state index contributed by atoms with van der Waals surface area (Å²) >= 11 is 0. The third-order valence-electron chi connectivity index (χ3n) is 3.47. The molecule has 1 heterocycles. The Morgan fingerprint density at radius 3 is 2.08 bits per heavy atom. The maximum Gasteiger partial charge on any atom is 0.195 e. The van der Waals surface area contributed by atoms with E-state index in [1.165, 1.54) is 0 Å². The first-order valence-electron chi connectivity index (χ1n) is 7.51. The molecule has 1 aliphatic rings. The molecule has 0 saturated carbocycles. The van der Waals surface area contributed by atoms with E-state index < -0.39 is 0 Å². The van der Waals surface area contributed by atoms with Crippen LogP contribution in [0.15, 0.2) is 58.5 Å². The van der Waals surface area contributed by atoms with Crippen LogP contribution in [-0.2, 0) is 0 Å². The molecule has 0 radical (unpaired) electrons. The molecule has 0 fully saturated rings. The van der Waals surface area contributed by atoms with Gasteiger partial charge in [0.25, 0.3) is 0 Å². The number of carbonyl (C=O) groups excluding carboxylic acids is 1. The van der Waals surface area contributed by atoms with Gasteiger partial charge in [-0.05, 0) is 48.5 Å². The fourth-order valence-electron chi connectivity index (χ4n) is 2.33. The van der Waals surface area contributed by atoms with Crippen molar-refractivity contribution in [3.05, 3.63) is 59.7 Å². The number of nitrogens with two attached hydrogens (primary N) is 2. The van der Waals surface area contributed by atoms with Crippen molar-refractivity contribution in [3.8, 4) is 0 Å². The summed E-state index contributed by atoms with van der Waals surface area (Å²) in [6.45, 7) is 1.61. The van der Waals surface area contributed by atoms with E-state index in [0.717, 1.165) is 24.7 Å². The second kappa shape index (κ2) is 9.65. The lowest BCUT2D eigenvalue weighted by molar-refractivity contribution is 0.103. The summed E-state index contributed by atoms with van der Waals surface area (Å²) in [7, 11) is 0. The van der Waals surface area contributed by atoms with E-state index in [-0.39, 0.29) is 36.6 Å². The van der Waals surface area contributed by atoms with E-state index in [2.05, 4.69) is 20.6 Å². The van der Waals surface area contributed by atoms with E-state index in [0.29, 0.717) is 16.8 Å². The van der Waals surface area contributed by atoms with Gasteiger partial charge in [0.05, 0.1) is 12.2 Å². The van der Waals surface area contributed by atoms with Crippen molar-refractivity contribution in [2.45, 2.75) is 0 Å². The average Bonchev–Trinajstić information content (AvgIpc) is 3.08. The van der Waals surface area contributed by atoms with Gasteiger partial charge in [-0.15, -0.1) is 24.8 Å². The number of nitrogens with zero attached hydrogens (tertiary/aromatic N) is 2. The van der Waals surface area contributed by atoms with Crippen molar-refractivity contribution in [1.82, 2.24) is 5.32 Å². The van der Waals surface area contributed by atoms with Gasteiger partial charge >= 0.3 is 0 Å². The lowest BCUT2D eigenvalue weighted by Gasteiger charge is -2.07. The normalized spacial score (nSPS) is 11.9. The Morgan fingerprint density at radius 2 is 1.58 bits per heavy atom. The summed E-state index contributed by atoms with van der Waals surface area (Å²) in [6.07, 6.45) is 0. The second-order valence-corrected chi connectivity index (χ2v) is 5.27. The molecule has 6 N–H and O–H groups in total. The van der Waals surface area contributed by atoms with E-state index in [4.69, 9.17) is 11.5 Å². The number of hydrogen-bond donors (Lipinski definition) is 4. The van der Waals surface area contributed by atoms with Crippen LogP contribution in [0, 0.1) is 0 Å². The lowest BCUT2D eigenvalue weighted by atomic mass is 10.0. The van der Waals surface area contributed by atoms with Crippen LogP contribution in [0.1, 0.15) is 15.9 Å². The highest BCUT2D eigenvalue weighted by Gasteiger charge is 2.10. The molecule has 0 aromatic heterocycles. The zero-order valence-electron chi connectivity index (χ0n) is 13.8. The van der Waals surface area contributed by atoms with Gasteiger partial charge in [-0.1, -0.05) is 0 Å². The van der Waals surface area contributed by atoms with Crippen molar-refractivity contribution in [1.29, 1.82) is 0 Å². The van der Waals surface area contributed by atoms with Gasteiger partial charge < -0.3 is 22.1 Å². The molecule has 0 aliphatic carbocycles. The smallest absolute Gasteiger partial charge is 0.195 e. The zero-order valence-corrected chi connectivity index (χ0v) is 15.4. The quantitative estimate of drug-likeness (QED) is 0.359. The topological polar surface area (TPSA) is 118 Å². The number of ketones is 1. The molecule has 0 atom stereocenters. The highest BCUT2D eigenvalue weighted by Crippen LogP contribution is 2.17. The van der Waals surface area contributed by atoms with Crippen LogP contribution < -0.4 is 22.1 Å². The van der Waals surface area contributed by atoms with Gasteiger partial charge in [-0.25, -0.2) is 4.99 Å². The molecule has 7 nitrogen and oxygen atoms in total. The van der Waals surface area contributed by atoms with Crippen molar-refractivity contribution >= 4 is 53.9 Å². The minimum atomic E-state index is -0.0610. The molecule has 0 saturated heterocycles. The standard InChI is InChI=1S/C17H18N6O.2ClH/c18-16(19)22-13-5-1-11(2-6-13)15(24)12-3-7-14(8-4-12)23-17-20-9-10-21-17;;/h1-8H,9-10H2,(H4,18,19,22)(H2,20,21,23);2*1H. The summed E-state index contributed by atoms with van der Waals surface area (Å²) in [6, 6.07) is 14.1. The molecule has 26 heavy (non-hydrogen) atoms. The Kier molecular flexibility index (Phi) is 7.89. The van der Waals surface area contributed by atoms with Crippen molar-refractivity contribution < 1.29 is 4.79 Å². The number of halogens is 2. The van der Waals surface area contributed by atoms with E-state index in [1.807, 2.05) is 12.1 Å². The minimum absolute atomic E-state index is 0. The Labute approximate surface area is 163 Å². The number of nitrogens with one attached hydrogen (secondary N) is 2. The fraction of sp³-hybridized carbons (Fsp3) is 0.118. The molecule has 9 heteroatoms. The summed E-state index contributed by atoms with van der Waals surface area (Å²) in [5.74, 6) is 0.678. The second-order valence-electron chi connectivity index (χ2n) is 5.27. The van der Waals surface area contributed by atoms with Crippen LogP contribution in [0.5, 0.6) is 0 Å². The van der Waals surface area contributed by atoms with Gasteiger partial charge in [-0.3, -0.25) is 9.79 Å². The number of carbonyl (C=O) groups is 1. The van der Waals surface area contributed by atoms with Crippen LogP contribution in [-0.4, -0.2) is 30.8 Å². The summed E-state index contributed by atoms with van der Waals surface area (Å²) in [4.78, 5) is 20.7. The van der Waals surface area contributed by atoms with E-state index in [9.17, 15) is 4.79 Å². The average molecular weight is 395 g/mol. The molecule has 0 spiro atoms. The fourth-order valence-corrected chi connectivity index (χ4v) is 2.33. The molecule has 0 amide bonds. The monoisotopic (exact) mass is 394 g/mol. The summed E-state index contributed by atoms with van der Waals surface area (Å²) < 4.78 is 0. The van der Waals surface area contributed by atoms with Crippen LogP contribution in [0.3, 0.4) is 0 Å². The van der Waals surface area contributed by atoms with Crippen LogP contribution in [0.25, 0.3) is 0 Å². The first kappa shape index (κ1) is 21.3. The molecule has 1 aliphatic heterocycles. The number of benzene rings is 2. The van der Waals surface area contributed by atoms with Gasteiger partial charge in [0.1, 0.15) is 0 Å². The highest BCUT2D eigenvalue weighted by molar-refractivity contribution is 6.09. The summed E-state index contributed by atoms with van der Waals surface area (Å²) in [5.41, 5.74) is 13.3. The van der Waals surface area contributed by atoms with Crippen LogP contribution in [0.2, 0.25) is 0 Å². The number of aliphatic imine (C=N–C) groups is 2. The third-order valence-corrected chi connectivity index (χ3v) is 3.47. The molecule has 2 aromatic rings. The van der Waals surface area contributed by atoms with Gasteiger partial charge in [0.2, 0.25) is 0 Å². The maximum absolute atomic E-state index is 12.5. The van der Waals surface area contributed by atoms with Crippen LogP contribution in [0.4, 0.5) is 11.4 Å². The molecular formula is C17H20Cl2N6O. The highest BCUT2D eigenvalue weighted by atomic mass is 35.5. The van der Waals surface area contributed by atoms with Crippen LogP contribution >= 0.6 is 24.8 Å². The van der Waals surface area contributed by atoms with Gasteiger partial charge in [0.15, 0.2) is 17.7 Å². The SMILES string of the molecule is Cl.Cl.NC(N)=Nc1ccc(C(=O)c2ccc(NC3=NCCN3)cc2)cc1. The number of guanidine groups is 2. The number of anilines is 1. The first-order chi connectivity index (χ1) is 11.6. The molecule has 3 rings (SSSR count). The van der Waals surface area contributed by atoms with Crippen molar-refractivity contribution in [2.24, 2.45) is 21.5 Å².